The topological polar surface area (TPSA) is 37.3 Å². The summed E-state index contributed by atoms with van der Waals surface area (Å²) in [6, 6.07) is 0. The molecule has 0 aromatic rings. The van der Waals surface area contributed by atoms with Gasteiger partial charge in [-0.1, -0.05) is 46.8 Å². The van der Waals surface area contributed by atoms with E-state index in [0.717, 1.165) is 12.8 Å². The summed E-state index contributed by atoms with van der Waals surface area (Å²) in [5.41, 5.74) is 1.91. The third kappa shape index (κ3) is 2.80. The minimum absolute atomic E-state index is 0.0150. The lowest BCUT2D eigenvalue weighted by Gasteiger charge is -2.72. The van der Waals surface area contributed by atoms with Crippen molar-refractivity contribution < 1.29 is 9.90 Å². The molecule has 5 unspecified atom stereocenters. The maximum Gasteiger partial charge on any atom is 0.126 e. The van der Waals surface area contributed by atoms with Gasteiger partial charge < -0.3 is 9.90 Å². The van der Waals surface area contributed by atoms with Crippen LogP contribution in [-0.2, 0) is 4.79 Å². The first-order valence-corrected chi connectivity index (χ1v) is 14.2. The summed E-state index contributed by atoms with van der Waals surface area (Å²) in [4.78, 5) is 13.4. The average Bonchev–Trinajstić information content (AvgIpc) is 3.14. The number of rotatable bonds is 3. The molecular formula is C31H50O2. The summed E-state index contributed by atoms with van der Waals surface area (Å²) in [7, 11) is 0. The molecule has 5 saturated carbocycles. The average molecular weight is 455 g/mol. The molecule has 33 heavy (non-hydrogen) atoms. The van der Waals surface area contributed by atoms with Crippen LogP contribution in [0.2, 0.25) is 0 Å². The second kappa shape index (κ2) is 7.44. The summed E-state index contributed by atoms with van der Waals surface area (Å²) >= 11 is 0. The maximum absolute atomic E-state index is 13.4. The molecule has 2 heteroatoms. The van der Waals surface area contributed by atoms with Crippen LogP contribution in [-0.4, -0.2) is 18.0 Å². The van der Waals surface area contributed by atoms with Crippen LogP contribution in [0.3, 0.4) is 0 Å². The Hall–Kier alpha value is -0.630. The number of aliphatic hydroxyl groups is 1. The molecule has 11 atom stereocenters. The number of aldehydes is 1. The molecule has 0 bridgehead atoms. The van der Waals surface area contributed by atoms with Crippen LogP contribution in [0, 0.1) is 62.6 Å². The van der Waals surface area contributed by atoms with E-state index in [1.165, 1.54) is 63.2 Å². The SMILES string of the molecule is C=C(C)C1CC[C@]2(C)CC[C@]3(C=O)C(CCC4[C@@]5(C)CC[C@H](C)[C@@](C)(CO)C5CC[C@]43C)C12. The molecule has 0 heterocycles. The van der Waals surface area contributed by atoms with E-state index in [-0.39, 0.29) is 21.7 Å². The van der Waals surface area contributed by atoms with Gasteiger partial charge in [-0.3, -0.25) is 0 Å². The highest BCUT2D eigenvalue weighted by Gasteiger charge is 2.71. The van der Waals surface area contributed by atoms with Crippen LogP contribution in [0.25, 0.3) is 0 Å². The van der Waals surface area contributed by atoms with Gasteiger partial charge in [0, 0.05) is 12.0 Å². The molecular weight excluding hydrogens is 404 g/mol. The first-order chi connectivity index (χ1) is 15.4. The molecule has 0 amide bonds. The normalized spacial score (nSPS) is 57.9. The summed E-state index contributed by atoms with van der Waals surface area (Å²) in [5.74, 6) is 3.49. The van der Waals surface area contributed by atoms with Crippen molar-refractivity contribution in [1.29, 1.82) is 0 Å². The van der Waals surface area contributed by atoms with Gasteiger partial charge in [0.05, 0.1) is 0 Å². The van der Waals surface area contributed by atoms with E-state index in [9.17, 15) is 9.90 Å². The number of hydrogen-bond donors (Lipinski definition) is 1. The van der Waals surface area contributed by atoms with E-state index in [2.05, 4.69) is 48.1 Å². The van der Waals surface area contributed by atoms with Crippen molar-refractivity contribution in [2.75, 3.05) is 6.61 Å². The van der Waals surface area contributed by atoms with Gasteiger partial charge >= 0.3 is 0 Å². The summed E-state index contributed by atoms with van der Waals surface area (Å²) < 4.78 is 0. The molecule has 0 radical (unpaired) electrons. The van der Waals surface area contributed by atoms with Crippen LogP contribution >= 0.6 is 0 Å². The number of aliphatic hydroxyl groups excluding tert-OH is 1. The lowest BCUT2D eigenvalue weighted by Crippen LogP contribution is -2.67. The number of carbonyl (C=O) groups is 1. The maximum atomic E-state index is 13.4. The van der Waals surface area contributed by atoms with Crippen molar-refractivity contribution in [2.45, 2.75) is 106 Å². The van der Waals surface area contributed by atoms with Crippen molar-refractivity contribution in [3.05, 3.63) is 12.2 Å². The van der Waals surface area contributed by atoms with Crippen molar-refractivity contribution >= 4 is 6.29 Å². The number of carbonyl (C=O) groups excluding carboxylic acids is 1. The highest BCUT2D eigenvalue weighted by atomic mass is 16.3. The second-order valence-electron chi connectivity index (χ2n) is 14.7. The molecule has 2 nitrogen and oxygen atoms in total. The Balaban J connectivity index is 1.58. The Morgan fingerprint density at radius 3 is 2.30 bits per heavy atom. The molecule has 5 aliphatic rings. The van der Waals surface area contributed by atoms with E-state index in [1.54, 1.807) is 0 Å². The van der Waals surface area contributed by atoms with Crippen molar-refractivity contribution in [2.24, 2.45) is 62.6 Å². The molecule has 1 N–H and O–H groups in total. The molecule has 0 aromatic carbocycles. The van der Waals surface area contributed by atoms with Crippen LogP contribution < -0.4 is 0 Å². The summed E-state index contributed by atoms with van der Waals surface area (Å²) in [5, 5.41) is 10.6. The molecule has 0 aromatic heterocycles. The number of fused-ring (bicyclic) bond motifs is 7. The van der Waals surface area contributed by atoms with E-state index < -0.39 is 0 Å². The quantitative estimate of drug-likeness (QED) is 0.355. The van der Waals surface area contributed by atoms with E-state index in [1.807, 2.05) is 0 Å². The highest BCUT2D eigenvalue weighted by Crippen LogP contribution is 2.77. The van der Waals surface area contributed by atoms with Crippen LogP contribution in [0.15, 0.2) is 12.2 Å². The molecule has 186 valence electrons. The fourth-order valence-corrected chi connectivity index (χ4v) is 11.7. The Bertz CT molecular complexity index is 833. The second-order valence-corrected chi connectivity index (χ2v) is 14.7. The zero-order chi connectivity index (χ0) is 24.0. The first-order valence-electron chi connectivity index (χ1n) is 14.2. The van der Waals surface area contributed by atoms with Gasteiger partial charge in [0.2, 0.25) is 0 Å². The van der Waals surface area contributed by atoms with Crippen molar-refractivity contribution in [3.8, 4) is 0 Å². The van der Waals surface area contributed by atoms with Crippen molar-refractivity contribution in [3.63, 3.8) is 0 Å². The smallest absolute Gasteiger partial charge is 0.126 e. The van der Waals surface area contributed by atoms with E-state index in [0.29, 0.717) is 47.5 Å². The standard InChI is InChI=1S/C31H50O2/c1-20(2)22-11-13-27(4)16-17-31(19-33)23(26(22)27)8-9-25-28(5)14-10-21(3)29(6,18-32)24(28)12-15-30(25,31)7/h19,21-26,32H,1,8-18H2,2-7H3/t21-,22?,23?,24?,25?,26?,27+,28-,29+,30+,31-/m0/s1. The van der Waals surface area contributed by atoms with Crippen LogP contribution in [0.5, 0.6) is 0 Å². The predicted molar refractivity (Wildman–Crippen MR) is 136 cm³/mol. The molecule has 0 aliphatic heterocycles. The zero-order valence-electron chi connectivity index (χ0n) is 22.4. The summed E-state index contributed by atoms with van der Waals surface area (Å²) in [6.07, 6.45) is 13.7. The molecule has 0 saturated heterocycles. The number of hydrogen-bond acceptors (Lipinski definition) is 2. The monoisotopic (exact) mass is 454 g/mol. The fraction of sp³-hybridized carbons (Fsp3) is 0.903. The van der Waals surface area contributed by atoms with E-state index in [4.69, 9.17) is 0 Å². The Morgan fingerprint density at radius 1 is 0.939 bits per heavy atom. The van der Waals surface area contributed by atoms with E-state index >= 15 is 0 Å². The van der Waals surface area contributed by atoms with Gasteiger partial charge in [-0.25, -0.2) is 0 Å². The molecule has 5 aliphatic carbocycles. The van der Waals surface area contributed by atoms with Crippen LogP contribution in [0.1, 0.15) is 106 Å². The highest BCUT2D eigenvalue weighted by molar-refractivity contribution is 5.63. The largest absolute Gasteiger partial charge is 0.396 e. The van der Waals surface area contributed by atoms with Gasteiger partial charge in [-0.05, 0) is 128 Å². The Labute approximate surface area is 203 Å². The van der Waals surface area contributed by atoms with Crippen molar-refractivity contribution in [1.82, 2.24) is 0 Å². The third-order valence-corrected chi connectivity index (χ3v) is 13.8. The Kier molecular flexibility index (Phi) is 5.43. The first kappa shape index (κ1) is 24.1. The lowest BCUT2D eigenvalue weighted by atomic mass is 9.32. The van der Waals surface area contributed by atoms with Gasteiger partial charge in [0.1, 0.15) is 6.29 Å². The fourth-order valence-electron chi connectivity index (χ4n) is 11.7. The molecule has 5 rings (SSSR count). The number of allylic oxidation sites excluding steroid dienone is 1. The van der Waals surface area contributed by atoms with Gasteiger partial charge in [0.15, 0.2) is 0 Å². The minimum atomic E-state index is -0.176. The molecule has 0 spiro atoms. The minimum Gasteiger partial charge on any atom is -0.396 e. The third-order valence-electron chi connectivity index (χ3n) is 13.8. The summed E-state index contributed by atoms with van der Waals surface area (Å²) in [6.45, 7) is 19.4. The van der Waals surface area contributed by atoms with Gasteiger partial charge in [-0.2, -0.15) is 0 Å². The van der Waals surface area contributed by atoms with Gasteiger partial charge in [0.25, 0.3) is 0 Å². The van der Waals surface area contributed by atoms with Crippen LogP contribution in [0.4, 0.5) is 0 Å². The molecule has 5 fully saturated rings. The predicted octanol–water partition coefficient (Wildman–Crippen LogP) is 7.45. The zero-order valence-corrected chi connectivity index (χ0v) is 22.4. The Morgan fingerprint density at radius 2 is 1.67 bits per heavy atom. The lowest BCUT2D eigenvalue weighted by molar-refractivity contribution is -0.240. The van der Waals surface area contributed by atoms with Gasteiger partial charge in [-0.15, -0.1) is 0 Å².